The SMILES string of the molecule is CCc1ccc(C(=O)NCc2nc(-c3ccncc3)cs2)cc1S(=O)(=O)N1CCOCC1. The number of aryl methyl sites for hydroxylation is 1. The number of thiazole rings is 1. The third kappa shape index (κ3) is 4.88. The number of morpholine rings is 1. The van der Waals surface area contributed by atoms with E-state index in [0.717, 1.165) is 16.3 Å². The van der Waals surface area contributed by atoms with E-state index in [4.69, 9.17) is 4.74 Å². The normalized spacial score (nSPS) is 14.9. The lowest BCUT2D eigenvalue weighted by atomic mass is 10.1. The predicted octanol–water partition coefficient (Wildman–Crippen LogP) is 2.72. The molecule has 1 aromatic carbocycles. The molecule has 10 heteroatoms. The van der Waals surface area contributed by atoms with Crippen molar-refractivity contribution in [1.82, 2.24) is 19.6 Å². The zero-order valence-electron chi connectivity index (χ0n) is 17.7. The van der Waals surface area contributed by atoms with E-state index in [1.807, 2.05) is 24.4 Å². The first-order chi connectivity index (χ1) is 15.5. The molecule has 0 aliphatic carbocycles. The summed E-state index contributed by atoms with van der Waals surface area (Å²) in [5.41, 5.74) is 2.78. The Labute approximate surface area is 191 Å². The van der Waals surface area contributed by atoms with Gasteiger partial charge in [0.15, 0.2) is 0 Å². The number of benzene rings is 1. The molecule has 2 aromatic heterocycles. The van der Waals surface area contributed by atoms with Gasteiger partial charge in [-0.3, -0.25) is 9.78 Å². The quantitative estimate of drug-likeness (QED) is 0.567. The summed E-state index contributed by atoms with van der Waals surface area (Å²) in [6.45, 7) is 3.52. The van der Waals surface area contributed by atoms with Crippen molar-refractivity contribution in [2.45, 2.75) is 24.8 Å². The van der Waals surface area contributed by atoms with Crippen LogP contribution in [0.5, 0.6) is 0 Å². The van der Waals surface area contributed by atoms with Gasteiger partial charge in [0.25, 0.3) is 5.91 Å². The monoisotopic (exact) mass is 472 g/mol. The molecule has 32 heavy (non-hydrogen) atoms. The fourth-order valence-corrected chi connectivity index (χ4v) is 5.93. The van der Waals surface area contributed by atoms with Gasteiger partial charge in [0, 0.05) is 42.0 Å². The maximum absolute atomic E-state index is 13.2. The minimum Gasteiger partial charge on any atom is -0.379 e. The summed E-state index contributed by atoms with van der Waals surface area (Å²) >= 11 is 1.45. The van der Waals surface area contributed by atoms with Crippen molar-refractivity contribution < 1.29 is 17.9 Å². The zero-order valence-corrected chi connectivity index (χ0v) is 19.3. The Balaban J connectivity index is 1.49. The number of carbonyl (C=O) groups is 1. The number of amides is 1. The van der Waals surface area contributed by atoms with Gasteiger partial charge in [-0.2, -0.15) is 4.31 Å². The molecule has 8 nitrogen and oxygen atoms in total. The van der Waals surface area contributed by atoms with Gasteiger partial charge in [-0.1, -0.05) is 13.0 Å². The molecule has 1 N–H and O–H groups in total. The second-order valence-corrected chi connectivity index (χ2v) is 10.1. The Bertz CT molecular complexity index is 1190. The van der Waals surface area contributed by atoms with E-state index in [1.54, 1.807) is 24.5 Å². The van der Waals surface area contributed by atoms with Crippen LogP contribution in [-0.2, 0) is 27.7 Å². The number of carbonyl (C=O) groups excluding carboxylic acids is 1. The van der Waals surface area contributed by atoms with E-state index >= 15 is 0 Å². The Morgan fingerprint density at radius 1 is 1.19 bits per heavy atom. The van der Waals surface area contributed by atoms with Crippen molar-refractivity contribution >= 4 is 27.3 Å². The third-order valence-corrected chi connectivity index (χ3v) is 8.06. The average Bonchev–Trinajstić information content (AvgIpc) is 3.32. The largest absolute Gasteiger partial charge is 0.379 e. The van der Waals surface area contributed by atoms with Gasteiger partial charge in [0.1, 0.15) is 5.01 Å². The number of sulfonamides is 1. The minimum atomic E-state index is -3.70. The maximum atomic E-state index is 13.2. The number of pyridine rings is 1. The molecule has 1 fully saturated rings. The van der Waals surface area contributed by atoms with Gasteiger partial charge in [-0.15, -0.1) is 11.3 Å². The Kier molecular flexibility index (Phi) is 6.95. The third-order valence-electron chi connectivity index (χ3n) is 5.23. The number of ether oxygens (including phenoxy) is 1. The van der Waals surface area contributed by atoms with Crippen molar-refractivity contribution in [2.75, 3.05) is 26.3 Å². The fraction of sp³-hybridized carbons (Fsp3) is 0.318. The second kappa shape index (κ2) is 9.86. The first-order valence-corrected chi connectivity index (χ1v) is 12.6. The van der Waals surface area contributed by atoms with Crippen LogP contribution >= 0.6 is 11.3 Å². The summed E-state index contributed by atoms with van der Waals surface area (Å²) in [7, 11) is -3.70. The number of rotatable bonds is 7. The second-order valence-electron chi connectivity index (χ2n) is 7.24. The van der Waals surface area contributed by atoms with Gasteiger partial charge >= 0.3 is 0 Å². The maximum Gasteiger partial charge on any atom is 0.251 e. The molecule has 168 valence electrons. The van der Waals surface area contributed by atoms with Crippen LogP contribution in [0.15, 0.2) is 53.0 Å². The molecule has 1 amide bonds. The molecular formula is C22H24N4O4S2. The number of hydrogen-bond donors (Lipinski definition) is 1. The zero-order chi connectivity index (χ0) is 22.6. The lowest BCUT2D eigenvalue weighted by Crippen LogP contribution is -2.41. The molecule has 0 unspecified atom stereocenters. The topological polar surface area (TPSA) is 101 Å². The standard InChI is InChI=1S/C22H24N4O4S2/c1-2-16-3-4-18(13-20(16)32(28,29)26-9-11-30-12-10-26)22(27)24-14-21-25-19(15-31-21)17-5-7-23-8-6-17/h3-8,13,15H,2,9-12,14H2,1H3,(H,24,27). The first-order valence-electron chi connectivity index (χ1n) is 10.3. The molecule has 0 bridgehead atoms. The van der Waals surface area contributed by atoms with Gasteiger partial charge in [0.05, 0.1) is 30.3 Å². The Morgan fingerprint density at radius 2 is 1.94 bits per heavy atom. The number of aromatic nitrogens is 2. The molecule has 1 aliphatic rings. The Morgan fingerprint density at radius 3 is 2.66 bits per heavy atom. The molecular weight excluding hydrogens is 448 g/mol. The highest BCUT2D eigenvalue weighted by atomic mass is 32.2. The minimum absolute atomic E-state index is 0.184. The van der Waals surface area contributed by atoms with Crippen LogP contribution in [0.2, 0.25) is 0 Å². The first kappa shape index (κ1) is 22.5. The summed E-state index contributed by atoms with van der Waals surface area (Å²) < 4.78 is 33.1. The van der Waals surface area contributed by atoms with Crippen molar-refractivity contribution in [1.29, 1.82) is 0 Å². The molecule has 1 aliphatic heterocycles. The Hall–Kier alpha value is -2.66. The summed E-state index contributed by atoms with van der Waals surface area (Å²) in [6, 6.07) is 8.61. The lowest BCUT2D eigenvalue weighted by Gasteiger charge is -2.27. The number of hydrogen-bond acceptors (Lipinski definition) is 7. The molecule has 0 spiro atoms. The summed E-state index contributed by atoms with van der Waals surface area (Å²) in [5.74, 6) is -0.341. The summed E-state index contributed by atoms with van der Waals surface area (Å²) in [5, 5.41) is 5.54. The van der Waals surface area contributed by atoms with Gasteiger partial charge in [-0.25, -0.2) is 13.4 Å². The van der Waals surface area contributed by atoms with Gasteiger partial charge in [0.2, 0.25) is 10.0 Å². The van der Waals surface area contributed by atoms with Crippen LogP contribution in [0.3, 0.4) is 0 Å². The highest BCUT2D eigenvalue weighted by molar-refractivity contribution is 7.89. The molecule has 0 radical (unpaired) electrons. The summed E-state index contributed by atoms with van der Waals surface area (Å²) in [4.78, 5) is 21.5. The van der Waals surface area contributed by atoms with Gasteiger partial charge < -0.3 is 10.1 Å². The van der Waals surface area contributed by atoms with Crippen molar-refractivity contribution in [2.24, 2.45) is 0 Å². The average molecular weight is 473 g/mol. The van der Waals surface area contributed by atoms with E-state index in [1.165, 1.54) is 21.7 Å². The van der Waals surface area contributed by atoms with E-state index in [0.29, 0.717) is 43.9 Å². The molecule has 0 saturated carbocycles. The fourth-order valence-electron chi connectivity index (χ4n) is 3.46. The van der Waals surface area contributed by atoms with Crippen LogP contribution in [0.25, 0.3) is 11.3 Å². The smallest absolute Gasteiger partial charge is 0.251 e. The molecule has 0 atom stereocenters. The predicted molar refractivity (Wildman–Crippen MR) is 122 cm³/mol. The lowest BCUT2D eigenvalue weighted by molar-refractivity contribution is 0.0730. The van der Waals surface area contributed by atoms with Crippen molar-refractivity contribution in [3.8, 4) is 11.3 Å². The van der Waals surface area contributed by atoms with Crippen LogP contribution in [0.4, 0.5) is 0 Å². The summed E-state index contributed by atoms with van der Waals surface area (Å²) in [6.07, 6.45) is 3.97. The van der Waals surface area contributed by atoms with E-state index in [-0.39, 0.29) is 17.3 Å². The van der Waals surface area contributed by atoms with E-state index in [9.17, 15) is 13.2 Å². The van der Waals surface area contributed by atoms with Crippen molar-refractivity contribution in [3.63, 3.8) is 0 Å². The van der Waals surface area contributed by atoms with Crippen LogP contribution in [-0.4, -0.2) is 54.9 Å². The molecule has 3 heterocycles. The molecule has 4 rings (SSSR count). The number of nitrogens with zero attached hydrogens (tertiary/aromatic N) is 3. The highest BCUT2D eigenvalue weighted by Gasteiger charge is 2.29. The highest BCUT2D eigenvalue weighted by Crippen LogP contribution is 2.24. The van der Waals surface area contributed by atoms with Gasteiger partial charge in [-0.05, 0) is 36.2 Å². The van der Waals surface area contributed by atoms with Crippen LogP contribution < -0.4 is 5.32 Å². The van der Waals surface area contributed by atoms with E-state index < -0.39 is 10.0 Å². The van der Waals surface area contributed by atoms with E-state index in [2.05, 4.69) is 15.3 Å². The number of nitrogens with one attached hydrogen (secondary N) is 1. The van der Waals surface area contributed by atoms with Crippen molar-refractivity contribution in [3.05, 3.63) is 64.2 Å². The van der Waals surface area contributed by atoms with Crippen LogP contribution in [0.1, 0.15) is 27.9 Å². The molecule has 3 aromatic rings. The van der Waals surface area contributed by atoms with Crippen LogP contribution in [0, 0.1) is 0 Å². The molecule has 1 saturated heterocycles.